The van der Waals surface area contributed by atoms with E-state index in [1.807, 2.05) is 11.8 Å². The molecule has 2 heteroatoms. The van der Waals surface area contributed by atoms with E-state index < -0.39 is 0 Å². The summed E-state index contributed by atoms with van der Waals surface area (Å²) in [6.07, 6.45) is 6.50. The van der Waals surface area contributed by atoms with Crippen molar-refractivity contribution in [3.63, 3.8) is 0 Å². The third-order valence-electron chi connectivity index (χ3n) is 3.91. The van der Waals surface area contributed by atoms with Crippen molar-refractivity contribution in [1.29, 1.82) is 0 Å². The van der Waals surface area contributed by atoms with Gasteiger partial charge in [0.1, 0.15) is 0 Å². The van der Waals surface area contributed by atoms with E-state index in [4.69, 9.17) is 0 Å². The first-order chi connectivity index (χ1) is 6.77. The topological polar surface area (TPSA) is 20.2 Å². The normalized spacial score (nSPS) is 41.1. The Morgan fingerprint density at radius 1 is 1.21 bits per heavy atom. The quantitative estimate of drug-likeness (QED) is 0.762. The largest absolute Gasteiger partial charge is 0.393 e. The molecule has 1 aliphatic carbocycles. The summed E-state index contributed by atoms with van der Waals surface area (Å²) in [6, 6.07) is 0. The highest BCUT2D eigenvalue weighted by atomic mass is 32.2. The highest BCUT2D eigenvalue weighted by molar-refractivity contribution is 7.99. The molecular weight excluding hydrogens is 192 g/mol. The predicted octanol–water partition coefficient (Wildman–Crippen LogP) is 2.93. The Balaban J connectivity index is 1.86. The van der Waals surface area contributed by atoms with Crippen LogP contribution < -0.4 is 0 Å². The van der Waals surface area contributed by atoms with Gasteiger partial charge in [-0.25, -0.2) is 0 Å². The van der Waals surface area contributed by atoms with E-state index in [2.05, 4.69) is 6.92 Å². The second kappa shape index (κ2) is 4.89. The molecule has 0 amide bonds. The lowest BCUT2D eigenvalue weighted by Gasteiger charge is -2.33. The lowest BCUT2D eigenvalue weighted by Crippen LogP contribution is -2.32. The Morgan fingerprint density at radius 2 is 2.07 bits per heavy atom. The molecule has 0 aromatic rings. The van der Waals surface area contributed by atoms with Crippen LogP contribution in [0.25, 0.3) is 0 Å². The Labute approximate surface area is 91.7 Å². The highest BCUT2D eigenvalue weighted by Crippen LogP contribution is 2.37. The van der Waals surface area contributed by atoms with Crippen molar-refractivity contribution in [2.45, 2.75) is 45.1 Å². The summed E-state index contributed by atoms with van der Waals surface area (Å²) in [5.74, 6) is 4.53. The summed E-state index contributed by atoms with van der Waals surface area (Å²) in [6.45, 7) is 2.34. The molecule has 1 nitrogen and oxygen atoms in total. The molecular formula is C12H22OS. The predicted molar refractivity (Wildman–Crippen MR) is 62.6 cm³/mol. The first-order valence-electron chi connectivity index (χ1n) is 6.03. The molecule has 1 saturated heterocycles. The molecule has 2 rings (SSSR count). The Bertz CT molecular complexity index is 177. The third kappa shape index (κ3) is 2.46. The summed E-state index contributed by atoms with van der Waals surface area (Å²) >= 11 is 2.02. The Kier molecular flexibility index (Phi) is 3.78. The average molecular weight is 214 g/mol. The summed E-state index contributed by atoms with van der Waals surface area (Å²) in [5, 5.41) is 10.3. The summed E-state index contributed by atoms with van der Waals surface area (Å²) in [7, 11) is 0. The molecule has 0 aromatic carbocycles. The maximum absolute atomic E-state index is 10.3. The van der Waals surface area contributed by atoms with Gasteiger partial charge in [-0.2, -0.15) is 11.8 Å². The fraction of sp³-hybridized carbons (Fsp3) is 1.00. The van der Waals surface area contributed by atoms with Crippen molar-refractivity contribution in [2.75, 3.05) is 11.5 Å². The molecule has 14 heavy (non-hydrogen) atoms. The molecule has 4 unspecified atom stereocenters. The van der Waals surface area contributed by atoms with Gasteiger partial charge in [-0.3, -0.25) is 0 Å². The van der Waals surface area contributed by atoms with Crippen LogP contribution in [0, 0.1) is 17.8 Å². The molecule has 0 bridgehead atoms. The second-order valence-electron chi connectivity index (χ2n) is 5.15. The van der Waals surface area contributed by atoms with Crippen molar-refractivity contribution in [2.24, 2.45) is 17.8 Å². The van der Waals surface area contributed by atoms with Gasteiger partial charge in [0.2, 0.25) is 0 Å². The van der Waals surface area contributed by atoms with E-state index in [0.717, 1.165) is 5.92 Å². The molecule has 0 radical (unpaired) electrons. The van der Waals surface area contributed by atoms with Crippen molar-refractivity contribution >= 4 is 11.8 Å². The van der Waals surface area contributed by atoms with E-state index in [0.29, 0.717) is 11.8 Å². The van der Waals surface area contributed by atoms with Gasteiger partial charge in [0.25, 0.3) is 0 Å². The van der Waals surface area contributed by atoms with Gasteiger partial charge in [-0.15, -0.1) is 0 Å². The van der Waals surface area contributed by atoms with Crippen LogP contribution in [0.1, 0.15) is 39.0 Å². The fourth-order valence-electron chi connectivity index (χ4n) is 3.00. The first kappa shape index (κ1) is 10.8. The summed E-state index contributed by atoms with van der Waals surface area (Å²) in [5.41, 5.74) is 0. The van der Waals surface area contributed by atoms with E-state index in [9.17, 15) is 5.11 Å². The molecule has 1 aliphatic heterocycles. The van der Waals surface area contributed by atoms with Crippen LogP contribution in [0.3, 0.4) is 0 Å². The molecule has 1 saturated carbocycles. The molecule has 82 valence electrons. The van der Waals surface area contributed by atoms with Crippen LogP contribution in [0.2, 0.25) is 0 Å². The van der Waals surface area contributed by atoms with Crippen molar-refractivity contribution < 1.29 is 5.11 Å². The van der Waals surface area contributed by atoms with E-state index in [1.165, 1.54) is 43.6 Å². The summed E-state index contributed by atoms with van der Waals surface area (Å²) < 4.78 is 0. The molecule has 1 heterocycles. The van der Waals surface area contributed by atoms with Crippen LogP contribution in [-0.2, 0) is 0 Å². The maximum Gasteiger partial charge on any atom is 0.0604 e. The maximum atomic E-state index is 10.3. The Hall–Kier alpha value is 0.310. The zero-order chi connectivity index (χ0) is 9.97. The smallest absolute Gasteiger partial charge is 0.0604 e. The van der Waals surface area contributed by atoms with E-state index in [-0.39, 0.29) is 6.10 Å². The van der Waals surface area contributed by atoms with Crippen LogP contribution in [0.4, 0.5) is 0 Å². The first-order valence-corrected chi connectivity index (χ1v) is 7.18. The van der Waals surface area contributed by atoms with Gasteiger partial charge in [-0.05, 0) is 48.5 Å². The Morgan fingerprint density at radius 3 is 2.71 bits per heavy atom. The number of aliphatic hydroxyl groups excluding tert-OH is 1. The van der Waals surface area contributed by atoms with E-state index >= 15 is 0 Å². The second-order valence-corrected chi connectivity index (χ2v) is 6.30. The standard InChI is InChI=1S/C12H22OS/c1-9-3-2-4-10(7-9)12(13)11-5-6-14-8-11/h9-13H,2-8H2,1H3. The molecule has 0 aromatic heterocycles. The zero-order valence-electron chi connectivity index (χ0n) is 9.11. The van der Waals surface area contributed by atoms with Gasteiger partial charge in [-0.1, -0.05) is 19.8 Å². The van der Waals surface area contributed by atoms with Crippen molar-refractivity contribution in [3.8, 4) is 0 Å². The minimum atomic E-state index is 0.00718. The fourth-order valence-corrected chi connectivity index (χ4v) is 4.30. The van der Waals surface area contributed by atoms with Gasteiger partial charge >= 0.3 is 0 Å². The van der Waals surface area contributed by atoms with Gasteiger partial charge in [0, 0.05) is 0 Å². The van der Waals surface area contributed by atoms with Crippen molar-refractivity contribution in [1.82, 2.24) is 0 Å². The number of thioether (sulfide) groups is 1. The van der Waals surface area contributed by atoms with Gasteiger partial charge < -0.3 is 5.11 Å². The molecule has 1 N–H and O–H groups in total. The number of rotatable bonds is 2. The van der Waals surface area contributed by atoms with Crippen LogP contribution in [0.15, 0.2) is 0 Å². The summed E-state index contributed by atoms with van der Waals surface area (Å²) in [4.78, 5) is 0. The highest BCUT2D eigenvalue weighted by Gasteiger charge is 2.32. The minimum absolute atomic E-state index is 0.00718. The lowest BCUT2D eigenvalue weighted by atomic mass is 9.76. The van der Waals surface area contributed by atoms with Crippen LogP contribution >= 0.6 is 11.8 Å². The molecule has 2 aliphatic rings. The molecule has 4 atom stereocenters. The van der Waals surface area contributed by atoms with E-state index in [1.54, 1.807) is 0 Å². The molecule has 2 fully saturated rings. The minimum Gasteiger partial charge on any atom is -0.393 e. The number of aliphatic hydroxyl groups is 1. The monoisotopic (exact) mass is 214 g/mol. The zero-order valence-corrected chi connectivity index (χ0v) is 9.93. The molecule has 0 spiro atoms. The third-order valence-corrected chi connectivity index (χ3v) is 5.10. The number of hydrogen-bond acceptors (Lipinski definition) is 2. The van der Waals surface area contributed by atoms with Gasteiger partial charge in [0.05, 0.1) is 6.10 Å². The van der Waals surface area contributed by atoms with Crippen LogP contribution in [0.5, 0.6) is 0 Å². The van der Waals surface area contributed by atoms with Gasteiger partial charge in [0.15, 0.2) is 0 Å². The number of hydrogen-bond donors (Lipinski definition) is 1. The van der Waals surface area contributed by atoms with Crippen molar-refractivity contribution in [3.05, 3.63) is 0 Å². The van der Waals surface area contributed by atoms with Crippen LogP contribution in [-0.4, -0.2) is 22.7 Å². The average Bonchev–Trinajstić information content (AvgIpc) is 2.69. The lowest BCUT2D eigenvalue weighted by molar-refractivity contribution is 0.0327. The SMILES string of the molecule is CC1CCCC(C(O)C2CCSC2)C1.